The summed E-state index contributed by atoms with van der Waals surface area (Å²) in [5, 5.41) is 23.4. The molecule has 0 radical (unpaired) electrons. The molecule has 0 aliphatic carbocycles. The van der Waals surface area contributed by atoms with Crippen LogP contribution in [0.5, 0.6) is 5.75 Å². The quantitative estimate of drug-likeness (QED) is 0.749. The molecule has 0 unspecified atom stereocenters. The molecule has 0 amide bonds. The van der Waals surface area contributed by atoms with E-state index in [1.807, 2.05) is 17.5 Å². The van der Waals surface area contributed by atoms with Crippen LogP contribution in [0.15, 0.2) is 41.8 Å². The van der Waals surface area contributed by atoms with Gasteiger partial charge in [-0.25, -0.2) is 0 Å². The van der Waals surface area contributed by atoms with Crippen LogP contribution in [0.3, 0.4) is 0 Å². The van der Waals surface area contributed by atoms with Gasteiger partial charge in [0.2, 0.25) is 5.82 Å². The van der Waals surface area contributed by atoms with E-state index in [0.29, 0.717) is 5.82 Å². The minimum absolute atomic E-state index is 0.215. The molecule has 3 aromatic rings. The zero-order chi connectivity index (χ0) is 11.7. The zero-order valence-electron chi connectivity index (χ0n) is 8.69. The average Bonchev–Trinajstić information content (AvgIpc) is 3.00. The molecule has 0 fully saturated rings. The van der Waals surface area contributed by atoms with Gasteiger partial charge in [-0.05, 0) is 40.9 Å². The third-order valence-corrected chi connectivity index (χ3v) is 3.10. The maximum Gasteiger partial charge on any atom is 0.215 e. The predicted molar refractivity (Wildman–Crippen MR) is 64.1 cm³/mol. The topological polar surface area (TPSA) is 63.8 Å². The number of thiophene rings is 1. The van der Waals surface area contributed by atoms with Crippen LogP contribution in [-0.2, 0) is 0 Å². The molecule has 5 nitrogen and oxygen atoms in total. The first-order chi connectivity index (χ1) is 8.33. The van der Waals surface area contributed by atoms with Crippen molar-refractivity contribution in [1.82, 2.24) is 20.2 Å². The Hall–Kier alpha value is -2.21. The normalized spacial score (nSPS) is 10.6. The van der Waals surface area contributed by atoms with Gasteiger partial charge in [0.15, 0.2) is 0 Å². The second-order valence-corrected chi connectivity index (χ2v) is 4.34. The number of hydrogen-bond acceptors (Lipinski definition) is 5. The predicted octanol–water partition coefficient (Wildman–Crippen LogP) is 2.10. The Morgan fingerprint density at radius 3 is 2.65 bits per heavy atom. The highest BCUT2D eigenvalue weighted by Crippen LogP contribution is 2.20. The molecule has 0 aliphatic rings. The first-order valence-corrected chi connectivity index (χ1v) is 5.84. The SMILES string of the molecule is Oc1ccc(-n2nnc(-c3cccs3)n2)cc1. The highest BCUT2D eigenvalue weighted by Gasteiger charge is 2.07. The van der Waals surface area contributed by atoms with E-state index >= 15 is 0 Å². The maximum absolute atomic E-state index is 9.19. The van der Waals surface area contributed by atoms with Gasteiger partial charge in [-0.15, -0.1) is 26.3 Å². The molecule has 17 heavy (non-hydrogen) atoms. The molecule has 3 rings (SSSR count). The molecule has 84 valence electrons. The van der Waals surface area contributed by atoms with Gasteiger partial charge in [-0.2, -0.15) is 0 Å². The Bertz CT molecular complexity index is 615. The van der Waals surface area contributed by atoms with Gasteiger partial charge in [0.05, 0.1) is 10.6 Å². The first kappa shape index (κ1) is 9.98. The first-order valence-electron chi connectivity index (χ1n) is 4.96. The summed E-state index contributed by atoms with van der Waals surface area (Å²) < 4.78 is 0. The number of nitrogens with zero attached hydrogens (tertiary/aromatic N) is 4. The molecule has 1 aromatic carbocycles. The van der Waals surface area contributed by atoms with Crippen LogP contribution in [0.2, 0.25) is 0 Å². The van der Waals surface area contributed by atoms with Crippen LogP contribution in [-0.4, -0.2) is 25.3 Å². The van der Waals surface area contributed by atoms with E-state index in [4.69, 9.17) is 0 Å². The number of phenols is 1. The van der Waals surface area contributed by atoms with E-state index in [2.05, 4.69) is 15.4 Å². The minimum atomic E-state index is 0.215. The van der Waals surface area contributed by atoms with Crippen molar-refractivity contribution in [3.8, 4) is 22.1 Å². The molecule has 0 bridgehead atoms. The molecule has 0 atom stereocenters. The van der Waals surface area contributed by atoms with Gasteiger partial charge < -0.3 is 5.11 Å². The van der Waals surface area contributed by atoms with Gasteiger partial charge in [0.25, 0.3) is 0 Å². The summed E-state index contributed by atoms with van der Waals surface area (Å²) >= 11 is 1.57. The van der Waals surface area contributed by atoms with E-state index < -0.39 is 0 Å². The Morgan fingerprint density at radius 2 is 1.94 bits per heavy atom. The van der Waals surface area contributed by atoms with Crippen molar-refractivity contribution in [1.29, 1.82) is 0 Å². The second-order valence-electron chi connectivity index (χ2n) is 3.40. The number of aromatic nitrogens is 4. The van der Waals surface area contributed by atoms with Gasteiger partial charge in [0.1, 0.15) is 5.75 Å². The fourth-order valence-electron chi connectivity index (χ4n) is 1.41. The summed E-state index contributed by atoms with van der Waals surface area (Å²) in [7, 11) is 0. The molecular formula is C11H8N4OS. The summed E-state index contributed by atoms with van der Waals surface area (Å²) in [6.07, 6.45) is 0. The fraction of sp³-hybridized carbons (Fsp3) is 0. The van der Waals surface area contributed by atoms with Crippen LogP contribution in [0, 0.1) is 0 Å². The summed E-state index contributed by atoms with van der Waals surface area (Å²) in [5.41, 5.74) is 0.762. The number of hydrogen-bond donors (Lipinski definition) is 1. The van der Waals surface area contributed by atoms with E-state index in [1.165, 1.54) is 4.80 Å². The standard InChI is InChI=1S/C11H8N4OS/c16-9-5-3-8(4-6-9)15-13-11(12-14-15)10-2-1-7-17-10/h1-7,16H. The van der Waals surface area contributed by atoms with Gasteiger partial charge in [-0.3, -0.25) is 0 Å². The lowest BCUT2D eigenvalue weighted by molar-refractivity contribution is 0.475. The summed E-state index contributed by atoms with van der Waals surface area (Å²) in [4.78, 5) is 2.42. The maximum atomic E-state index is 9.19. The lowest BCUT2D eigenvalue weighted by Crippen LogP contribution is -1.98. The summed E-state index contributed by atoms with van der Waals surface area (Å²) in [6, 6.07) is 10.5. The summed E-state index contributed by atoms with van der Waals surface area (Å²) in [6.45, 7) is 0. The third-order valence-electron chi connectivity index (χ3n) is 2.24. The van der Waals surface area contributed by atoms with Crippen molar-refractivity contribution >= 4 is 11.3 Å². The van der Waals surface area contributed by atoms with E-state index in [1.54, 1.807) is 35.6 Å². The summed E-state index contributed by atoms with van der Waals surface area (Å²) in [5.74, 6) is 0.820. The van der Waals surface area contributed by atoms with Crippen LogP contribution in [0.1, 0.15) is 0 Å². The fourth-order valence-corrected chi connectivity index (χ4v) is 2.06. The lowest BCUT2D eigenvalue weighted by atomic mass is 10.3. The molecule has 1 N–H and O–H groups in total. The number of phenolic OH excluding ortho intramolecular Hbond substituents is 1. The third kappa shape index (κ3) is 1.90. The van der Waals surface area contributed by atoms with Gasteiger partial charge >= 0.3 is 0 Å². The monoisotopic (exact) mass is 244 g/mol. The van der Waals surface area contributed by atoms with Gasteiger partial charge in [-0.1, -0.05) is 6.07 Å². The number of benzene rings is 1. The number of rotatable bonds is 2. The van der Waals surface area contributed by atoms with Crippen molar-refractivity contribution in [3.63, 3.8) is 0 Å². The van der Waals surface area contributed by atoms with Crippen LogP contribution < -0.4 is 0 Å². The van der Waals surface area contributed by atoms with E-state index in [0.717, 1.165) is 10.6 Å². The Morgan fingerprint density at radius 1 is 1.12 bits per heavy atom. The number of tetrazole rings is 1. The van der Waals surface area contributed by atoms with Crippen molar-refractivity contribution < 1.29 is 5.11 Å². The number of aromatic hydroxyl groups is 1. The van der Waals surface area contributed by atoms with Crippen molar-refractivity contribution in [3.05, 3.63) is 41.8 Å². The molecule has 2 aromatic heterocycles. The van der Waals surface area contributed by atoms with E-state index in [9.17, 15) is 5.11 Å². The zero-order valence-corrected chi connectivity index (χ0v) is 9.50. The molecule has 0 saturated heterocycles. The lowest BCUT2D eigenvalue weighted by Gasteiger charge is -1.97. The Labute approximate surface area is 101 Å². The molecule has 6 heteroatoms. The second kappa shape index (κ2) is 3.99. The highest BCUT2D eigenvalue weighted by atomic mass is 32.1. The van der Waals surface area contributed by atoms with Crippen LogP contribution in [0.4, 0.5) is 0 Å². The smallest absolute Gasteiger partial charge is 0.215 e. The van der Waals surface area contributed by atoms with Crippen LogP contribution >= 0.6 is 11.3 Å². The Kier molecular flexibility index (Phi) is 2.34. The molecule has 2 heterocycles. The molecule has 0 saturated carbocycles. The van der Waals surface area contributed by atoms with Crippen molar-refractivity contribution in [2.45, 2.75) is 0 Å². The van der Waals surface area contributed by atoms with Crippen LogP contribution in [0.25, 0.3) is 16.4 Å². The minimum Gasteiger partial charge on any atom is -0.508 e. The largest absolute Gasteiger partial charge is 0.508 e. The molecular weight excluding hydrogens is 236 g/mol. The van der Waals surface area contributed by atoms with Gasteiger partial charge in [0, 0.05) is 0 Å². The Balaban J connectivity index is 1.98. The highest BCUT2D eigenvalue weighted by molar-refractivity contribution is 7.13. The average molecular weight is 244 g/mol. The van der Waals surface area contributed by atoms with Crippen molar-refractivity contribution in [2.24, 2.45) is 0 Å². The van der Waals surface area contributed by atoms with E-state index in [-0.39, 0.29) is 5.75 Å². The molecule has 0 aliphatic heterocycles. The van der Waals surface area contributed by atoms with Crippen molar-refractivity contribution in [2.75, 3.05) is 0 Å². The molecule has 0 spiro atoms.